The molecule has 2 heterocycles. The zero-order valence-electron chi connectivity index (χ0n) is 13.8. The zero-order chi connectivity index (χ0) is 17.1. The Morgan fingerprint density at radius 2 is 2.00 bits per heavy atom. The van der Waals surface area contributed by atoms with Gasteiger partial charge in [-0.05, 0) is 44.6 Å². The number of halogens is 1. The first-order chi connectivity index (χ1) is 11.5. The highest BCUT2D eigenvalue weighted by Gasteiger charge is 2.65. The third-order valence-electron chi connectivity index (χ3n) is 6.58. The van der Waals surface area contributed by atoms with Gasteiger partial charge in [0.2, 0.25) is 5.91 Å². The Morgan fingerprint density at radius 1 is 1.29 bits per heavy atom. The van der Waals surface area contributed by atoms with Crippen LogP contribution >= 0.6 is 0 Å². The second-order valence-electron chi connectivity index (χ2n) is 7.54. The largest absolute Gasteiger partial charge is 0.481 e. The highest BCUT2D eigenvalue weighted by atomic mass is 19.1. The Labute approximate surface area is 140 Å². The van der Waals surface area contributed by atoms with E-state index in [0.717, 1.165) is 12.8 Å². The summed E-state index contributed by atoms with van der Waals surface area (Å²) in [6.45, 7) is 1.89. The number of amides is 1. The summed E-state index contributed by atoms with van der Waals surface area (Å²) in [5.41, 5.74) is -1.13. The van der Waals surface area contributed by atoms with E-state index in [1.165, 1.54) is 6.07 Å². The van der Waals surface area contributed by atoms with Gasteiger partial charge in [-0.3, -0.25) is 9.59 Å². The quantitative estimate of drug-likeness (QED) is 0.922. The summed E-state index contributed by atoms with van der Waals surface area (Å²) in [7, 11) is 0. The van der Waals surface area contributed by atoms with Crippen molar-refractivity contribution in [3.8, 4) is 0 Å². The normalized spacial score (nSPS) is 32.8. The Morgan fingerprint density at radius 3 is 2.54 bits per heavy atom. The molecule has 4 rings (SSSR count). The minimum absolute atomic E-state index is 0.0113. The highest BCUT2D eigenvalue weighted by molar-refractivity contribution is 5.93. The highest BCUT2D eigenvalue weighted by Crippen LogP contribution is 2.57. The summed E-state index contributed by atoms with van der Waals surface area (Å²) in [4.78, 5) is 27.1. The SMILES string of the molecule is CC[C@@]1(C(=O)O)C[C@@H]2CC[C@H]1N2C(=O)C1(c2ccccc2F)CC1. The predicted octanol–water partition coefficient (Wildman–Crippen LogP) is 3.10. The summed E-state index contributed by atoms with van der Waals surface area (Å²) in [5.74, 6) is -1.20. The lowest BCUT2D eigenvalue weighted by molar-refractivity contribution is -0.152. The number of benzene rings is 1. The summed E-state index contributed by atoms with van der Waals surface area (Å²) in [6.07, 6.45) is 3.95. The van der Waals surface area contributed by atoms with E-state index >= 15 is 0 Å². The monoisotopic (exact) mass is 331 g/mol. The fourth-order valence-corrected chi connectivity index (χ4v) is 5.07. The van der Waals surface area contributed by atoms with Gasteiger partial charge in [0.25, 0.3) is 0 Å². The van der Waals surface area contributed by atoms with Crippen molar-refractivity contribution < 1.29 is 19.1 Å². The van der Waals surface area contributed by atoms with Crippen LogP contribution in [0.25, 0.3) is 0 Å². The van der Waals surface area contributed by atoms with Gasteiger partial charge < -0.3 is 10.0 Å². The van der Waals surface area contributed by atoms with Gasteiger partial charge in [-0.2, -0.15) is 0 Å². The summed E-state index contributed by atoms with van der Waals surface area (Å²) >= 11 is 0. The number of carboxylic acid groups (broad SMARTS) is 1. The van der Waals surface area contributed by atoms with Crippen molar-refractivity contribution in [2.45, 2.75) is 62.9 Å². The van der Waals surface area contributed by atoms with Crippen molar-refractivity contribution in [3.63, 3.8) is 0 Å². The molecule has 0 spiro atoms. The zero-order valence-corrected chi connectivity index (χ0v) is 13.8. The molecule has 1 aromatic carbocycles. The van der Waals surface area contributed by atoms with Crippen LogP contribution in [0.4, 0.5) is 4.39 Å². The van der Waals surface area contributed by atoms with Crippen molar-refractivity contribution in [1.29, 1.82) is 0 Å². The van der Waals surface area contributed by atoms with Crippen molar-refractivity contribution in [3.05, 3.63) is 35.6 Å². The van der Waals surface area contributed by atoms with Crippen LogP contribution in [0, 0.1) is 11.2 Å². The lowest BCUT2D eigenvalue weighted by Gasteiger charge is -2.33. The summed E-state index contributed by atoms with van der Waals surface area (Å²) in [5, 5.41) is 9.77. The van der Waals surface area contributed by atoms with Crippen LogP contribution in [-0.2, 0) is 15.0 Å². The Bertz CT molecular complexity index is 714. The first kappa shape index (κ1) is 15.6. The average molecular weight is 331 g/mol. The lowest BCUT2D eigenvalue weighted by Crippen LogP contribution is -2.47. The number of hydrogen-bond acceptors (Lipinski definition) is 2. The smallest absolute Gasteiger partial charge is 0.311 e. The molecule has 1 aliphatic carbocycles. The van der Waals surface area contributed by atoms with E-state index in [2.05, 4.69) is 0 Å². The molecular weight excluding hydrogens is 309 g/mol. The molecule has 2 saturated heterocycles. The van der Waals surface area contributed by atoms with Crippen molar-refractivity contribution in [1.82, 2.24) is 4.90 Å². The van der Waals surface area contributed by atoms with Crippen LogP contribution in [0.15, 0.2) is 24.3 Å². The van der Waals surface area contributed by atoms with Gasteiger partial charge in [-0.25, -0.2) is 4.39 Å². The van der Waals surface area contributed by atoms with Crippen molar-refractivity contribution in [2.24, 2.45) is 5.41 Å². The number of carboxylic acids is 1. The molecule has 3 atom stereocenters. The molecule has 2 aliphatic heterocycles. The van der Waals surface area contributed by atoms with Crippen LogP contribution in [0.3, 0.4) is 0 Å². The van der Waals surface area contributed by atoms with Gasteiger partial charge in [-0.1, -0.05) is 25.1 Å². The van der Waals surface area contributed by atoms with Crippen molar-refractivity contribution >= 4 is 11.9 Å². The molecule has 3 aliphatic rings. The molecule has 1 N–H and O–H groups in total. The van der Waals surface area contributed by atoms with Crippen LogP contribution in [0.5, 0.6) is 0 Å². The van der Waals surface area contributed by atoms with E-state index in [9.17, 15) is 19.1 Å². The van der Waals surface area contributed by atoms with Crippen molar-refractivity contribution in [2.75, 3.05) is 0 Å². The van der Waals surface area contributed by atoms with E-state index in [1.54, 1.807) is 18.2 Å². The number of carbonyl (C=O) groups is 2. The molecule has 0 unspecified atom stereocenters. The van der Waals surface area contributed by atoms with E-state index < -0.39 is 16.8 Å². The molecule has 3 fully saturated rings. The molecule has 128 valence electrons. The Balaban J connectivity index is 1.69. The third kappa shape index (κ3) is 1.84. The first-order valence-electron chi connectivity index (χ1n) is 8.77. The minimum atomic E-state index is -0.829. The number of aliphatic carboxylic acids is 1. The van der Waals surface area contributed by atoms with Crippen LogP contribution in [-0.4, -0.2) is 34.0 Å². The topological polar surface area (TPSA) is 57.6 Å². The molecule has 1 aromatic rings. The molecule has 4 nitrogen and oxygen atoms in total. The number of carbonyl (C=O) groups excluding carboxylic acids is 1. The van der Waals surface area contributed by atoms with Gasteiger partial charge in [0.1, 0.15) is 5.82 Å². The summed E-state index contributed by atoms with van der Waals surface area (Å²) < 4.78 is 14.3. The first-order valence-corrected chi connectivity index (χ1v) is 8.77. The van der Waals surface area contributed by atoms with Gasteiger partial charge in [0.15, 0.2) is 0 Å². The molecular formula is C19H22FNO3. The second-order valence-corrected chi connectivity index (χ2v) is 7.54. The molecule has 1 saturated carbocycles. The van der Waals surface area contributed by atoms with Gasteiger partial charge in [0, 0.05) is 17.6 Å². The lowest BCUT2D eigenvalue weighted by atomic mass is 9.72. The van der Waals surface area contributed by atoms with Crippen LogP contribution < -0.4 is 0 Å². The third-order valence-corrected chi connectivity index (χ3v) is 6.58. The maximum atomic E-state index is 14.3. The number of rotatable bonds is 4. The van der Waals surface area contributed by atoms with Crippen LogP contribution in [0.1, 0.15) is 51.0 Å². The van der Waals surface area contributed by atoms with E-state index in [0.29, 0.717) is 31.2 Å². The average Bonchev–Trinajstić information content (AvgIpc) is 3.19. The fraction of sp³-hybridized carbons (Fsp3) is 0.579. The van der Waals surface area contributed by atoms with E-state index in [-0.39, 0.29) is 23.8 Å². The fourth-order valence-electron chi connectivity index (χ4n) is 5.07. The number of nitrogens with zero attached hydrogens (tertiary/aromatic N) is 1. The molecule has 1 amide bonds. The van der Waals surface area contributed by atoms with Gasteiger partial charge >= 0.3 is 5.97 Å². The van der Waals surface area contributed by atoms with Gasteiger partial charge in [-0.15, -0.1) is 0 Å². The van der Waals surface area contributed by atoms with E-state index in [4.69, 9.17) is 0 Å². The molecule has 2 bridgehead atoms. The number of fused-ring (bicyclic) bond motifs is 2. The molecule has 0 radical (unpaired) electrons. The second kappa shape index (κ2) is 5.04. The van der Waals surface area contributed by atoms with E-state index in [1.807, 2.05) is 11.8 Å². The van der Waals surface area contributed by atoms with Gasteiger partial charge in [0.05, 0.1) is 10.8 Å². The molecule has 0 aromatic heterocycles. The maximum Gasteiger partial charge on any atom is 0.311 e. The molecule has 24 heavy (non-hydrogen) atoms. The Hall–Kier alpha value is -1.91. The standard InChI is InChI=1S/C19H22FNO3/c1-2-18(17(23)24)11-12-7-8-15(18)21(12)16(22)19(9-10-19)13-5-3-4-6-14(13)20/h3-6,12,15H,2,7-11H2,1H3,(H,23,24)/t12-,15+,18+/m0/s1. The minimum Gasteiger partial charge on any atom is -0.481 e. The Kier molecular flexibility index (Phi) is 3.28. The maximum absolute atomic E-state index is 14.3. The molecule has 5 heteroatoms. The summed E-state index contributed by atoms with van der Waals surface area (Å²) in [6, 6.07) is 6.23. The number of hydrogen-bond donors (Lipinski definition) is 1. The van der Waals surface area contributed by atoms with Crippen LogP contribution in [0.2, 0.25) is 0 Å². The predicted molar refractivity (Wildman–Crippen MR) is 85.9 cm³/mol.